The summed E-state index contributed by atoms with van der Waals surface area (Å²) in [6, 6.07) is 23.4. The number of likely N-dealkylation sites (N-methyl/N-ethyl adjacent to an activating group) is 1. The van der Waals surface area contributed by atoms with Crippen molar-refractivity contribution in [2.45, 2.75) is 19.0 Å². The Kier molecular flexibility index (Phi) is 6.44. The third-order valence-electron chi connectivity index (χ3n) is 5.31. The van der Waals surface area contributed by atoms with E-state index in [0.29, 0.717) is 18.0 Å². The maximum Gasteiger partial charge on any atom is 0.257 e. The fraction of sp³-hybridized carbons (Fsp3) is 0.200. The number of halogens is 2. The average molecular weight is 436 g/mol. The van der Waals surface area contributed by atoms with Crippen molar-refractivity contribution in [1.29, 1.82) is 0 Å². The first kappa shape index (κ1) is 21.2. The molecule has 1 aliphatic heterocycles. The molecule has 3 aromatic rings. The molecular weight excluding hydrogens is 413 g/mol. The van der Waals surface area contributed by atoms with Gasteiger partial charge in [0, 0.05) is 18.0 Å². The topological polar surface area (TPSA) is 35.9 Å². The Labute approximate surface area is 186 Å². The molecule has 158 valence electrons. The van der Waals surface area contributed by atoms with Crippen LogP contribution in [-0.2, 0) is 11.3 Å². The van der Waals surface area contributed by atoms with Crippen LogP contribution in [0.1, 0.15) is 29.2 Å². The predicted molar refractivity (Wildman–Crippen MR) is 121 cm³/mol. The highest BCUT2D eigenvalue weighted by molar-refractivity contribution is 6.31. The summed E-state index contributed by atoms with van der Waals surface area (Å²) in [5.41, 5.74) is 3.52. The van der Waals surface area contributed by atoms with Crippen molar-refractivity contribution in [3.8, 4) is 0 Å². The van der Waals surface area contributed by atoms with Crippen LogP contribution in [0.2, 0.25) is 5.02 Å². The van der Waals surface area contributed by atoms with E-state index in [2.05, 4.69) is 5.10 Å². The van der Waals surface area contributed by atoms with Gasteiger partial charge < -0.3 is 0 Å². The van der Waals surface area contributed by atoms with Crippen LogP contribution in [-0.4, -0.2) is 35.1 Å². The molecule has 0 saturated carbocycles. The summed E-state index contributed by atoms with van der Waals surface area (Å²) in [6.45, 7) is 0.877. The van der Waals surface area contributed by atoms with Gasteiger partial charge in [-0.05, 0) is 41.9 Å². The molecule has 0 unspecified atom stereocenters. The molecule has 1 atom stereocenters. The van der Waals surface area contributed by atoms with Crippen LogP contribution in [0.4, 0.5) is 4.39 Å². The second-order valence-corrected chi connectivity index (χ2v) is 8.10. The Morgan fingerprint density at radius 2 is 1.74 bits per heavy atom. The normalized spacial score (nSPS) is 15.9. The van der Waals surface area contributed by atoms with Crippen molar-refractivity contribution >= 4 is 23.2 Å². The van der Waals surface area contributed by atoms with E-state index < -0.39 is 0 Å². The van der Waals surface area contributed by atoms with Gasteiger partial charge in [-0.3, -0.25) is 9.69 Å². The van der Waals surface area contributed by atoms with E-state index in [9.17, 15) is 9.18 Å². The van der Waals surface area contributed by atoms with Gasteiger partial charge in [0.05, 0.1) is 18.3 Å². The Balaban J connectivity index is 1.57. The van der Waals surface area contributed by atoms with E-state index in [1.165, 1.54) is 17.1 Å². The van der Waals surface area contributed by atoms with Gasteiger partial charge in [0.15, 0.2) is 0 Å². The SMILES string of the molecule is CN(CC(=O)N1N=C(c2ccc(F)cc2)C[C@@H]1c1ccccc1Cl)Cc1ccccc1. The molecule has 1 aliphatic rings. The molecule has 0 saturated heterocycles. The largest absolute Gasteiger partial charge is 0.293 e. The zero-order chi connectivity index (χ0) is 21.8. The van der Waals surface area contributed by atoms with Crippen LogP contribution < -0.4 is 0 Å². The monoisotopic (exact) mass is 435 g/mol. The van der Waals surface area contributed by atoms with E-state index in [1.54, 1.807) is 12.1 Å². The van der Waals surface area contributed by atoms with Gasteiger partial charge in [-0.15, -0.1) is 0 Å². The minimum absolute atomic E-state index is 0.111. The van der Waals surface area contributed by atoms with Crippen LogP contribution in [0.5, 0.6) is 0 Å². The lowest BCUT2D eigenvalue weighted by molar-refractivity contribution is -0.134. The number of carbonyl (C=O) groups excluding carboxylic acids is 1. The van der Waals surface area contributed by atoms with Gasteiger partial charge in [0.2, 0.25) is 0 Å². The van der Waals surface area contributed by atoms with Crippen molar-refractivity contribution in [3.05, 3.63) is 106 Å². The Morgan fingerprint density at radius 3 is 2.45 bits per heavy atom. The summed E-state index contributed by atoms with van der Waals surface area (Å²) < 4.78 is 13.4. The van der Waals surface area contributed by atoms with Crippen LogP contribution >= 0.6 is 11.6 Å². The third-order valence-corrected chi connectivity index (χ3v) is 5.65. The van der Waals surface area contributed by atoms with Crippen molar-refractivity contribution in [2.75, 3.05) is 13.6 Å². The molecule has 0 radical (unpaired) electrons. The number of rotatable bonds is 6. The van der Waals surface area contributed by atoms with Crippen LogP contribution in [0.15, 0.2) is 84.0 Å². The quantitative estimate of drug-likeness (QED) is 0.527. The number of amides is 1. The predicted octanol–water partition coefficient (Wildman–Crippen LogP) is 5.29. The van der Waals surface area contributed by atoms with Gasteiger partial charge >= 0.3 is 0 Å². The molecule has 6 heteroatoms. The zero-order valence-corrected chi connectivity index (χ0v) is 18.0. The Morgan fingerprint density at radius 1 is 1.06 bits per heavy atom. The molecule has 0 fully saturated rings. The molecule has 31 heavy (non-hydrogen) atoms. The number of carbonyl (C=O) groups is 1. The molecule has 0 aromatic heterocycles. The number of hydrogen-bond donors (Lipinski definition) is 0. The average Bonchev–Trinajstić information content (AvgIpc) is 3.20. The van der Waals surface area contributed by atoms with E-state index >= 15 is 0 Å². The summed E-state index contributed by atoms with van der Waals surface area (Å²) in [5, 5.41) is 6.76. The van der Waals surface area contributed by atoms with Crippen molar-refractivity contribution < 1.29 is 9.18 Å². The number of nitrogens with zero attached hydrogens (tertiary/aromatic N) is 3. The van der Waals surface area contributed by atoms with E-state index in [4.69, 9.17) is 11.6 Å². The number of hydrazone groups is 1. The first-order valence-electron chi connectivity index (χ1n) is 10.1. The Bertz CT molecular complexity index is 1090. The molecule has 1 heterocycles. The lowest BCUT2D eigenvalue weighted by Crippen LogP contribution is -2.36. The second-order valence-electron chi connectivity index (χ2n) is 7.69. The molecule has 1 amide bonds. The van der Waals surface area contributed by atoms with E-state index in [1.807, 2.05) is 66.5 Å². The summed E-state index contributed by atoms with van der Waals surface area (Å²) >= 11 is 6.45. The molecule has 0 bridgehead atoms. The van der Waals surface area contributed by atoms with E-state index in [0.717, 1.165) is 22.4 Å². The number of hydrogen-bond acceptors (Lipinski definition) is 3. The maximum atomic E-state index is 13.4. The van der Waals surface area contributed by atoms with Crippen LogP contribution in [0.25, 0.3) is 0 Å². The highest BCUT2D eigenvalue weighted by Gasteiger charge is 2.34. The fourth-order valence-electron chi connectivity index (χ4n) is 3.80. The molecular formula is C25H23ClFN3O. The maximum absolute atomic E-state index is 13.4. The van der Waals surface area contributed by atoms with Crippen molar-refractivity contribution in [2.24, 2.45) is 5.10 Å². The number of benzene rings is 3. The van der Waals surface area contributed by atoms with Gasteiger partial charge in [-0.1, -0.05) is 72.3 Å². The lowest BCUT2D eigenvalue weighted by atomic mass is 9.98. The first-order chi connectivity index (χ1) is 15.0. The minimum atomic E-state index is -0.305. The standard InChI is InChI=1S/C25H23ClFN3O/c1-29(16-18-7-3-2-4-8-18)17-25(31)30-24(21-9-5-6-10-22(21)26)15-23(28-30)19-11-13-20(27)14-12-19/h2-14,24H,15-17H2,1H3/t24-/m1/s1. The highest BCUT2D eigenvalue weighted by Crippen LogP contribution is 2.36. The van der Waals surface area contributed by atoms with Crippen molar-refractivity contribution in [1.82, 2.24) is 9.91 Å². The minimum Gasteiger partial charge on any atom is -0.293 e. The van der Waals surface area contributed by atoms with Gasteiger partial charge in [0.25, 0.3) is 5.91 Å². The molecule has 4 rings (SSSR count). The third kappa shape index (κ3) is 5.01. The molecule has 0 N–H and O–H groups in total. The Hall–Kier alpha value is -3.02. The molecule has 0 spiro atoms. The van der Waals surface area contributed by atoms with E-state index in [-0.39, 0.29) is 24.3 Å². The molecule has 4 nitrogen and oxygen atoms in total. The van der Waals surface area contributed by atoms with Crippen molar-refractivity contribution in [3.63, 3.8) is 0 Å². The van der Waals surface area contributed by atoms with Crippen LogP contribution in [0, 0.1) is 5.82 Å². The first-order valence-corrected chi connectivity index (χ1v) is 10.5. The summed E-state index contributed by atoms with van der Waals surface area (Å²) in [6.07, 6.45) is 0.517. The smallest absolute Gasteiger partial charge is 0.257 e. The lowest BCUT2D eigenvalue weighted by Gasteiger charge is -2.25. The summed E-state index contributed by atoms with van der Waals surface area (Å²) in [7, 11) is 1.91. The summed E-state index contributed by atoms with van der Waals surface area (Å²) in [4.78, 5) is 15.2. The van der Waals surface area contributed by atoms with Crippen LogP contribution in [0.3, 0.4) is 0 Å². The highest BCUT2D eigenvalue weighted by atomic mass is 35.5. The van der Waals surface area contributed by atoms with Gasteiger partial charge in [-0.2, -0.15) is 5.10 Å². The molecule has 3 aromatic carbocycles. The second kappa shape index (κ2) is 9.41. The zero-order valence-electron chi connectivity index (χ0n) is 17.2. The summed E-state index contributed by atoms with van der Waals surface area (Å²) in [5.74, 6) is -0.416. The fourth-order valence-corrected chi connectivity index (χ4v) is 4.06. The van der Waals surface area contributed by atoms with Gasteiger partial charge in [-0.25, -0.2) is 9.40 Å². The van der Waals surface area contributed by atoms with Gasteiger partial charge in [0.1, 0.15) is 5.82 Å². The molecule has 0 aliphatic carbocycles.